The summed E-state index contributed by atoms with van der Waals surface area (Å²) < 4.78 is 16.4. The molecule has 32 heavy (non-hydrogen) atoms. The van der Waals surface area contributed by atoms with Gasteiger partial charge >= 0.3 is 0 Å². The lowest BCUT2D eigenvalue weighted by Crippen LogP contribution is -2.60. The first kappa shape index (κ1) is 21.9. The fourth-order valence-electron chi connectivity index (χ4n) is 3.43. The van der Waals surface area contributed by atoms with Gasteiger partial charge in [0, 0.05) is 23.8 Å². The summed E-state index contributed by atoms with van der Waals surface area (Å²) in [5.74, 6) is -1.34. The van der Waals surface area contributed by atoms with E-state index >= 15 is 0 Å². The molecule has 1 aliphatic rings. The smallest absolute Gasteiger partial charge is 0.229 e. The highest BCUT2D eigenvalue weighted by Crippen LogP contribution is 2.35. The fraction of sp³-hybridized carbons (Fsp3) is 0.286. The molecule has 0 bridgehead atoms. The SMILES string of the molecule is O=c1cc(-c2ccc(O)c(O)c2)oc2cc(O[C@@H]3O[C@@H](CO)[C@@H](O)[C@@H](O)[C@H]3O)cc(O)c12. The van der Waals surface area contributed by atoms with Gasteiger partial charge in [0.2, 0.25) is 6.29 Å². The van der Waals surface area contributed by atoms with Gasteiger partial charge in [-0.2, -0.15) is 0 Å². The zero-order valence-electron chi connectivity index (χ0n) is 16.3. The molecule has 1 aliphatic heterocycles. The van der Waals surface area contributed by atoms with Crippen LogP contribution in [0.4, 0.5) is 0 Å². The van der Waals surface area contributed by atoms with Crippen LogP contribution in [-0.4, -0.2) is 73.1 Å². The number of hydrogen-bond donors (Lipinski definition) is 7. The number of benzene rings is 2. The van der Waals surface area contributed by atoms with Crippen LogP contribution in [0.1, 0.15) is 0 Å². The monoisotopic (exact) mass is 448 g/mol. The van der Waals surface area contributed by atoms with Gasteiger partial charge in [0.1, 0.15) is 52.6 Å². The highest BCUT2D eigenvalue weighted by atomic mass is 16.7. The average molecular weight is 448 g/mol. The largest absolute Gasteiger partial charge is 0.507 e. The van der Waals surface area contributed by atoms with Crippen LogP contribution in [0.25, 0.3) is 22.3 Å². The van der Waals surface area contributed by atoms with E-state index < -0.39 is 54.2 Å². The van der Waals surface area contributed by atoms with E-state index in [-0.39, 0.29) is 33.8 Å². The van der Waals surface area contributed by atoms with Crippen molar-refractivity contribution in [1.82, 2.24) is 0 Å². The molecule has 3 aromatic rings. The molecule has 11 heteroatoms. The number of rotatable bonds is 4. The standard InChI is InChI=1S/C21H20O11/c22-7-16-18(27)19(28)20(29)21(32-16)30-9-4-12(25)17-13(26)6-14(31-15(17)5-9)8-1-2-10(23)11(24)3-8/h1-6,16,18-25,27-29H,7H2/t16-,18+,19+,20+,21+/m0/s1. The molecule has 0 unspecified atom stereocenters. The molecule has 0 spiro atoms. The molecule has 1 saturated heterocycles. The summed E-state index contributed by atoms with van der Waals surface area (Å²) in [5, 5.41) is 68.5. The number of phenolic OH excluding ortho intramolecular Hbond substituents is 3. The molecule has 5 atom stereocenters. The van der Waals surface area contributed by atoms with E-state index in [9.17, 15) is 40.5 Å². The number of aliphatic hydroxyl groups excluding tert-OH is 4. The molecule has 0 aliphatic carbocycles. The molecule has 1 fully saturated rings. The maximum atomic E-state index is 12.5. The minimum absolute atomic E-state index is 0.0298. The van der Waals surface area contributed by atoms with Crippen molar-refractivity contribution in [3.05, 3.63) is 46.6 Å². The van der Waals surface area contributed by atoms with Crippen molar-refractivity contribution < 1.29 is 49.6 Å². The Morgan fingerprint density at radius 1 is 0.875 bits per heavy atom. The lowest BCUT2D eigenvalue weighted by Gasteiger charge is -2.39. The Balaban J connectivity index is 1.72. The second kappa shape index (κ2) is 8.30. The highest BCUT2D eigenvalue weighted by molar-refractivity contribution is 5.86. The average Bonchev–Trinajstić information content (AvgIpc) is 2.75. The number of aromatic hydroxyl groups is 3. The van der Waals surface area contributed by atoms with Crippen molar-refractivity contribution in [2.75, 3.05) is 6.61 Å². The van der Waals surface area contributed by atoms with E-state index in [4.69, 9.17) is 13.9 Å². The van der Waals surface area contributed by atoms with Gasteiger partial charge in [-0.15, -0.1) is 0 Å². The van der Waals surface area contributed by atoms with Crippen LogP contribution in [0.2, 0.25) is 0 Å². The number of ether oxygens (including phenoxy) is 2. The molecule has 0 amide bonds. The van der Waals surface area contributed by atoms with Crippen molar-refractivity contribution in [3.63, 3.8) is 0 Å². The van der Waals surface area contributed by atoms with Crippen LogP contribution >= 0.6 is 0 Å². The Morgan fingerprint density at radius 2 is 1.62 bits per heavy atom. The summed E-state index contributed by atoms with van der Waals surface area (Å²) >= 11 is 0. The third kappa shape index (κ3) is 3.83. The number of aliphatic hydroxyl groups is 4. The molecule has 0 saturated carbocycles. The first-order valence-corrected chi connectivity index (χ1v) is 9.50. The quantitative estimate of drug-likeness (QED) is 0.261. The molecule has 11 nitrogen and oxygen atoms in total. The van der Waals surface area contributed by atoms with Crippen molar-refractivity contribution in [2.45, 2.75) is 30.7 Å². The van der Waals surface area contributed by atoms with Gasteiger partial charge in [0.05, 0.1) is 6.61 Å². The zero-order chi connectivity index (χ0) is 23.2. The van der Waals surface area contributed by atoms with Gasteiger partial charge in [-0.1, -0.05) is 0 Å². The van der Waals surface area contributed by atoms with Crippen LogP contribution in [0.15, 0.2) is 45.6 Å². The maximum absolute atomic E-state index is 12.5. The van der Waals surface area contributed by atoms with Crippen LogP contribution in [0.5, 0.6) is 23.0 Å². The Labute approximate surface area is 179 Å². The highest BCUT2D eigenvalue weighted by Gasteiger charge is 2.44. The van der Waals surface area contributed by atoms with E-state index in [1.165, 1.54) is 24.3 Å². The number of fused-ring (bicyclic) bond motifs is 1. The van der Waals surface area contributed by atoms with Gasteiger partial charge in [-0.25, -0.2) is 0 Å². The molecular weight excluding hydrogens is 428 g/mol. The second-order valence-corrected chi connectivity index (χ2v) is 7.31. The van der Waals surface area contributed by atoms with Gasteiger partial charge in [0.25, 0.3) is 0 Å². The maximum Gasteiger partial charge on any atom is 0.229 e. The molecule has 7 N–H and O–H groups in total. The van der Waals surface area contributed by atoms with Gasteiger partial charge in [-0.3, -0.25) is 4.79 Å². The normalized spacial score (nSPS) is 25.7. The zero-order valence-corrected chi connectivity index (χ0v) is 16.3. The first-order chi connectivity index (χ1) is 15.2. The van der Waals surface area contributed by atoms with Crippen LogP contribution in [0.3, 0.4) is 0 Å². The van der Waals surface area contributed by atoms with Crippen molar-refractivity contribution in [1.29, 1.82) is 0 Å². The predicted octanol–water partition coefficient (Wildman–Crippen LogP) is -0.245. The Bertz CT molecular complexity index is 1200. The van der Waals surface area contributed by atoms with E-state index in [1.807, 2.05) is 0 Å². The van der Waals surface area contributed by atoms with Gasteiger partial charge in [0.15, 0.2) is 16.9 Å². The molecule has 0 radical (unpaired) electrons. The van der Waals surface area contributed by atoms with Crippen LogP contribution < -0.4 is 10.2 Å². The Kier molecular flexibility index (Phi) is 5.67. The summed E-state index contributed by atoms with van der Waals surface area (Å²) in [5.41, 5.74) is -0.413. The Hall–Kier alpha value is -3.35. The predicted molar refractivity (Wildman–Crippen MR) is 107 cm³/mol. The summed E-state index contributed by atoms with van der Waals surface area (Å²) in [6, 6.07) is 7.23. The van der Waals surface area contributed by atoms with Crippen LogP contribution in [-0.2, 0) is 4.74 Å². The van der Waals surface area contributed by atoms with E-state index in [0.717, 1.165) is 12.1 Å². The molecular formula is C21H20O11. The summed E-state index contributed by atoms with van der Waals surface area (Å²) in [6.45, 7) is -0.647. The molecule has 1 aromatic heterocycles. The van der Waals surface area contributed by atoms with Crippen molar-refractivity contribution in [3.8, 4) is 34.3 Å². The first-order valence-electron chi connectivity index (χ1n) is 9.50. The summed E-state index contributed by atoms with van der Waals surface area (Å²) in [4.78, 5) is 12.5. The lowest BCUT2D eigenvalue weighted by molar-refractivity contribution is -0.277. The fourth-order valence-corrected chi connectivity index (χ4v) is 3.43. The number of hydrogen-bond acceptors (Lipinski definition) is 11. The lowest BCUT2D eigenvalue weighted by atomic mass is 9.99. The molecule has 4 rings (SSSR count). The van der Waals surface area contributed by atoms with Crippen molar-refractivity contribution in [2.24, 2.45) is 0 Å². The van der Waals surface area contributed by atoms with E-state index in [2.05, 4.69) is 0 Å². The van der Waals surface area contributed by atoms with E-state index in [1.54, 1.807) is 0 Å². The van der Waals surface area contributed by atoms with Gasteiger partial charge < -0.3 is 49.6 Å². The third-order valence-corrected chi connectivity index (χ3v) is 5.14. The van der Waals surface area contributed by atoms with Crippen LogP contribution in [0, 0.1) is 0 Å². The number of phenols is 3. The molecule has 2 aromatic carbocycles. The van der Waals surface area contributed by atoms with E-state index in [0.29, 0.717) is 0 Å². The minimum atomic E-state index is -1.68. The Morgan fingerprint density at radius 3 is 2.31 bits per heavy atom. The summed E-state index contributed by atoms with van der Waals surface area (Å²) in [6.07, 6.45) is -7.61. The molecule has 170 valence electrons. The summed E-state index contributed by atoms with van der Waals surface area (Å²) in [7, 11) is 0. The topological polar surface area (TPSA) is 190 Å². The minimum Gasteiger partial charge on any atom is -0.507 e. The van der Waals surface area contributed by atoms with Gasteiger partial charge in [-0.05, 0) is 18.2 Å². The van der Waals surface area contributed by atoms with Crippen molar-refractivity contribution >= 4 is 11.0 Å². The molecule has 2 heterocycles. The second-order valence-electron chi connectivity index (χ2n) is 7.31. The third-order valence-electron chi connectivity index (χ3n) is 5.14.